The van der Waals surface area contributed by atoms with Crippen LogP contribution in [0.2, 0.25) is 0 Å². The summed E-state index contributed by atoms with van der Waals surface area (Å²) in [6.07, 6.45) is 3.15. The number of aryl methyl sites for hydroxylation is 1. The molecule has 1 amide bonds. The van der Waals surface area contributed by atoms with Crippen LogP contribution in [-0.4, -0.2) is 33.0 Å². The molecule has 0 unspecified atom stereocenters. The summed E-state index contributed by atoms with van der Waals surface area (Å²) in [5.74, 6) is 0.279. The Morgan fingerprint density at radius 1 is 1.21 bits per heavy atom. The maximum atomic E-state index is 14.8. The Balaban J connectivity index is 2.00. The number of ether oxygens (including phenoxy) is 1. The Hall–Kier alpha value is -3.81. The molecule has 0 aromatic carbocycles. The highest BCUT2D eigenvalue weighted by Gasteiger charge is 2.21. The molecule has 146 valence electrons. The van der Waals surface area contributed by atoms with Gasteiger partial charge in [-0.25, -0.2) is 14.4 Å². The van der Waals surface area contributed by atoms with Crippen LogP contribution in [0.15, 0.2) is 42.7 Å². The molecule has 8 heteroatoms. The number of nitrogens with one attached hydrogen (secondary N) is 2. The van der Waals surface area contributed by atoms with Crippen molar-refractivity contribution in [3.05, 3.63) is 54.2 Å². The minimum Gasteiger partial charge on any atom is -0.495 e. The number of carbonyl (C=O) groups is 1. The largest absolute Gasteiger partial charge is 0.495 e. The number of halogens is 1. The lowest BCUT2D eigenvalue weighted by molar-refractivity contribution is -0.114. The topological polar surface area (TPSA) is 92.8 Å². The third-order valence-corrected chi connectivity index (χ3v) is 4.42. The predicted molar refractivity (Wildman–Crippen MR) is 108 cm³/mol. The summed E-state index contributed by atoms with van der Waals surface area (Å²) in [5, 5.41) is 2.66. The minimum absolute atomic E-state index is 0.196. The number of anilines is 1. The molecule has 4 heterocycles. The van der Waals surface area contributed by atoms with E-state index in [1.807, 2.05) is 0 Å². The van der Waals surface area contributed by atoms with E-state index in [-0.39, 0.29) is 11.6 Å². The van der Waals surface area contributed by atoms with Gasteiger partial charge in [0.15, 0.2) is 0 Å². The van der Waals surface area contributed by atoms with Gasteiger partial charge in [0.25, 0.3) is 0 Å². The molecule has 0 bridgehead atoms. The summed E-state index contributed by atoms with van der Waals surface area (Å²) in [4.78, 5) is 27.7. The van der Waals surface area contributed by atoms with Crippen LogP contribution in [0.1, 0.15) is 12.6 Å². The average molecular weight is 391 g/mol. The number of hydrogen-bond acceptors (Lipinski definition) is 5. The van der Waals surface area contributed by atoms with Gasteiger partial charge >= 0.3 is 0 Å². The number of rotatable bonds is 4. The van der Waals surface area contributed by atoms with Crippen molar-refractivity contribution in [1.29, 1.82) is 0 Å². The van der Waals surface area contributed by atoms with E-state index in [1.54, 1.807) is 50.7 Å². The first kappa shape index (κ1) is 18.5. The van der Waals surface area contributed by atoms with Gasteiger partial charge in [0.1, 0.15) is 23.1 Å². The van der Waals surface area contributed by atoms with Crippen molar-refractivity contribution < 1.29 is 13.9 Å². The van der Waals surface area contributed by atoms with Gasteiger partial charge in [-0.3, -0.25) is 9.78 Å². The van der Waals surface area contributed by atoms with E-state index >= 15 is 0 Å². The number of carbonyl (C=O) groups excluding carboxylic acids is 1. The van der Waals surface area contributed by atoms with E-state index < -0.39 is 5.82 Å². The number of H-pyrrole nitrogens is 1. The monoisotopic (exact) mass is 391 g/mol. The lowest BCUT2D eigenvalue weighted by atomic mass is 10.0. The van der Waals surface area contributed by atoms with E-state index in [4.69, 9.17) is 4.74 Å². The number of aromatic amines is 1. The van der Waals surface area contributed by atoms with Crippen LogP contribution in [0, 0.1) is 12.7 Å². The molecule has 0 saturated carbocycles. The SMILES string of the molecule is COc1cnc2c(-c3nc(C)ccc3F)c(-c3ccnc(NC(C)=O)c3)[nH]c2c1. The normalized spacial score (nSPS) is 10.9. The second-order valence-electron chi connectivity index (χ2n) is 6.54. The molecule has 0 fully saturated rings. The third-order valence-electron chi connectivity index (χ3n) is 4.42. The lowest BCUT2D eigenvalue weighted by Crippen LogP contribution is -2.07. The molecule has 29 heavy (non-hydrogen) atoms. The molecule has 4 aromatic heterocycles. The molecule has 7 nitrogen and oxygen atoms in total. The van der Waals surface area contributed by atoms with E-state index in [0.29, 0.717) is 45.1 Å². The summed E-state index contributed by atoms with van der Waals surface area (Å²) in [6, 6.07) is 8.27. The van der Waals surface area contributed by atoms with Crippen molar-refractivity contribution in [3.63, 3.8) is 0 Å². The lowest BCUT2D eigenvalue weighted by Gasteiger charge is -2.08. The number of pyridine rings is 3. The van der Waals surface area contributed by atoms with Gasteiger partial charge in [-0.15, -0.1) is 0 Å². The van der Waals surface area contributed by atoms with Gasteiger partial charge in [0.2, 0.25) is 5.91 Å². The Kier molecular flexibility index (Phi) is 4.67. The molecule has 0 spiro atoms. The van der Waals surface area contributed by atoms with Crippen LogP contribution in [0.25, 0.3) is 33.5 Å². The van der Waals surface area contributed by atoms with E-state index in [9.17, 15) is 9.18 Å². The zero-order valence-corrected chi connectivity index (χ0v) is 16.1. The van der Waals surface area contributed by atoms with Crippen LogP contribution in [0.3, 0.4) is 0 Å². The quantitative estimate of drug-likeness (QED) is 0.546. The van der Waals surface area contributed by atoms with E-state index in [0.717, 1.165) is 0 Å². The fourth-order valence-electron chi connectivity index (χ4n) is 3.16. The second-order valence-corrected chi connectivity index (χ2v) is 6.54. The second kappa shape index (κ2) is 7.31. The van der Waals surface area contributed by atoms with Gasteiger partial charge < -0.3 is 15.0 Å². The van der Waals surface area contributed by atoms with Gasteiger partial charge in [-0.2, -0.15) is 0 Å². The van der Waals surface area contributed by atoms with Gasteiger partial charge in [-0.1, -0.05) is 0 Å². The van der Waals surface area contributed by atoms with Crippen LogP contribution in [-0.2, 0) is 4.79 Å². The molecule has 2 N–H and O–H groups in total. The number of amides is 1. The molecule has 0 saturated heterocycles. The molecule has 4 aromatic rings. The molecular weight excluding hydrogens is 373 g/mol. The first-order chi connectivity index (χ1) is 14.0. The maximum Gasteiger partial charge on any atom is 0.222 e. The Labute approximate surface area is 166 Å². The third kappa shape index (κ3) is 3.52. The summed E-state index contributed by atoms with van der Waals surface area (Å²) in [5.41, 5.74) is 3.98. The van der Waals surface area contributed by atoms with E-state index in [1.165, 1.54) is 13.0 Å². The highest BCUT2D eigenvalue weighted by atomic mass is 19.1. The molecule has 0 aliphatic rings. The predicted octanol–water partition coefficient (Wildman–Crippen LogP) is 4.10. The van der Waals surface area contributed by atoms with Crippen LogP contribution >= 0.6 is 0 Å². The van der Waals surface area contributed by atoms with Crippen molar-refractivity contribution in [2.75, 3.05) is 12.4 Å². The number of nitrogens with zero attached hydrogens (tertiary/aromatic N) is 3. The van der Waals surface area contributed by atoms with Gasteiger partial charge in [-0.05, 0) is 31.2 Å². The van der Waals surface area contributed by atoms with Crippen molar-refractivity contribution in [1.82, 2.24) is 19.9 Å². The molecule has 0 aliphatic carbocycles. The summed E-state index contributed by atoms with van der Waals surface area (Å²) in [7, 11) is 1.55. The van der Waals surface area contributed by atoms with Crippen molar-refractivity contribution in [3.8, 4) is 28.3 Å². The number of methoxy groups -OCH3 is 1. The van der Waals surface area contributed by atoms with Gasteiger partial charge in [0.05, 0.1) is 35.6 Å². The van der Waals surface area contributed by atoms with Crippen LogP contribution < -0.4 is 10.1 Å². The highest BCUT2D eigenvalue weighted by molar-refractivity contribution is 6.01. The number of hydrogen-bond donors (Lipinski definition) is 2. The van der Waals surface area contributed by atoms with E-state index in [2.05, 4.69) is 25.3 Å². The fraction of sp³-hybridized carbons (Fsp3) is 0.143. The summed E-state index contributed by atoms with van der Waals surface area (Å²) >= 11 is 0. The zero-order chi connectivity index (χ0) is 20.5. The first-order valence-electron chi connectivity index (χ1n) is 8.89. The smallest absolute Gasteiger partial charge is 0.222 e. The fourth-order valence-corrected chi connectivity index (χ4v) is 3.16. The van der Waals surface area contributed by atoms with Crippen molar-refractivity contribution in [2.24, 2.45) is 0 Å². The maximum absolute atomic E-state index is 14.8. The molecule has 0 radical (unpaired) electrons. The summed E-state index contributed by atoms with van der Waals surface area (Å²) in [6.45, 7) is 3.21. The molecule has 0 atom stereocenters. The summed E-state index contributed by atoms with van der Waals surface area (Å²) < 4.78 is 20.0. The van der Waals surface area contributed by atoms with Gasteiger partial charge in [0, 0.05) is 30.4 Å². The Morgan fingerprint density at radius 3 is 2.79 bits per heavy atom. The highest BCUT2D eigenvalue weighted by Crippen LogP contribution is 2.38. The zero-order valence-electron chi connectivity index (χ0n) is 16.1. The average Bonchev–Trinajstić information content (AvgIpc) is 3.08. The molecule has 4 rings (SSSR count). The molecule has 0 aliphatic heterocycles. The standard InChI is InChI=1S/C21H18FN5O2/c1-11-4-5-15(22)20(25-11)18-19(13-6-7-23-17(8-13)26-12(2)28)27-16-9-14(29-3)10-24-21(16)18/h4-10,27H,1-3H3,(H,23,26,28). The molecular formula is C21H18FN5O2. The number of aromatic nitrogens is 4. The Morgan fingerprint density at radius 2 is 2.03 bits per heavy atom. The Bertz CT molecular complexity index is 1240. The first-order valence-corrected chi connectivity index (χ1v) is 8.89. The number of fused-ring (bicyclic) bond motifs is 1. The van der Waals surface area contributed by atoms with Crippen LogP contribution in [0.5, 0.6) is 5.75 Å². The van der Waals surface area contributed by atoms with Crippen molar-refractivity contribution >= 4 is 22.8 Å². The van der Waals surface area contributed by atoms with Crippen LogP contribution in [0.4, 0.5) is 10.2 Å². The minimum atomic E-state index is -0.452. The van der Waals surface area contributed by atoms with Crippen molar-refractivity contribution in [2.45, 2.75) is 13.8 Å².